The minimum Gasteiger partial charge on any atom is -0.381 e. The quantitative estimate of drug-likeness (QED) is 0.635. The first-order chi connectivity index (χ1) is 13.1. The molecule has 1 aromatic rings. The van der Waals surface area contributed by atoms with Gasteiger partial charge in [0.1, 0.15) is 0 Å². The van der Waals surface area contributed by atoms with Crippen molar-refractivity contribution < 1.29 is 13.2 Å². The van der Waals surface area contributed by atoms with Crippen molar-refractivity contribution in [3.63, 3.8) is 0 Å². The lowest BCUT2D eigenvalue weighted by molar-refractivity contribution is 0.0349. The van der Waals surface area contributed by atoms with Crippen molar-refractivity contribution >= 4 is 10.0 Å². The standard InChI is InChI=1S/C23H37NO3S/c1-14(2)17-10-21(15(3)4)23(22(11-17)16(5)6)28(25,26)24-18-8-9-19(24)13-20(12-18)27-7/h10-11,14-16,18-20H,8-9,12-13H2,1-7H3. The Bertz CT molecular complexity index is 770. The Kier molecular flexibility index (Phi) is 6.29. The smallest absolute Gasteiger partial charge is 0.244 e. The van der Waals surface area contributed by atoms with Crippen molar-refractivity contribution in [1.29, 1.82) is 0 Å². The van der Waals surface area contributed by atoms with Gasteiger partial charge in [0.2, 0.25) is 10.0 Å². The molecule has 1 aromatic carbocycles. The van der Waals surface area contributed by atoms with E-state index in [0.717, 1.165) is 36.8 Å². The molecular formula is C23H37NO3S. The third kappa shape index (κ3) is 3.78. The molecule has 2 aliphatic rings. The average molecular weight is 408 g/mol. The molecule has 0 amide bonds. The van der Waals surface area contributed by atoms with E-state index in [0.29, 0.717) is 10.8 Å². The zero-order valence-corrected chi connectivity index (χ0v) is 19.3. The van der Waals surface area contributed by atoms with Gasteiger partial charge >= 0.3 is 0 Å². The Labute approximate surface area is 171 Å². The van der Waals surface area contributed by atoms with Crippen LogP contribution in [0.1, 0.15) is 102 Å². The minimum atomic E-state index is -3.55. The monoisotopic (exact) mass is 407 g/mol. The second kappa shape index (κ2) is 8.08. The van der Waals surface area contributed by atoms with E-state index in [2.05, 4.69) is 53.7 Å². The number of nitrogens with zero attached hydrogens (tertiary/aromatic N) is 1. The molecule has 2 heterocycles. The molecule has 0 saturated carbocycles. The molecule has 2 unspecified atom stereocenters. The molecular weight excluding hydrogens is 370 g/mol. The van der Waals surface area contributed by atoms with E-state index in [1.807, 2.05) is 4.31 Å². The van der Waals surface area contributed by atoms with E-state index in [9.17, 15) is 8.42 Å². The number of benzene rings is 1. The van der Waals surface area contributed by atoms with E-state index in [-0.39, 0.29) is 30.0 Å². The third-order valence-electron chi connectivity index (χ3n) is 6.57. The van der Waals surface area contributed by atoms with Crippen LogP contribution in [-0.2, 0) is 14.8 Å². The van der Waals surface area contributed by atoms with Gasteiger partial charge in [0.15, 0.2) is 0 Å². The fourth-order valence-corrected chi connectivity index (χ4v) is 7.53. The van der Waals surface area contributed by atoms with Crippen molar-refractivity contribution in [3.05, 3.63) is 28.8 Å². The van der Waals surface area contributed by atoms with Crippen LogP contribution in [0.3, 0.4) is 0 Å². The molecule has 4 nitrogen and oxygen atoms in total. The molecule has 0 aromatic heterocycles. The molecule has 2 aliphatic heterocycles. The van der Waals surface area contributed by atoms with Crippen LogP contribution in [-0.4, -0.2) is 38.0 Å². The van der Waals surface area contributed by atoms with Crippen LogP contribution in [0.2, 0.25) is 0 Å². The van der Waals surface area contributed by atoms with Crippen LogP contribution in [0.4, 0.5) is 0 Å². The molecule has 0 radical (unpaired) electrons. The largest absolute Gasteiger partial charge is 0.381 e. The fraction of sp³-hybridized carbons (Fsp3) is 0.739. The maximum atomic E-state index is 14.1. The average Bonchev–Trinajstić information content (AvgIpc) is 2.91. The van der Waals surface area contributed by atoms with Crippen LogP contribution in [0.5, 0.6) is 0 Å². The highest BCUT2D eigenvalue weighted by molar-refractivity contribution is 7.89. The van der Waals surface area contributed by atoms with Gasteiger partial charge in [0.25, 0.3) is 0 Å². The van der Waals surface area contributed by atoms with E-state index >= 15 is 0 Å². The van der Waals surface area contributed by atoms with Gasteiger partial charge in [0, 0.05) is 19.2 Å². The SMILES string of the molecule is COC1CC2CCC(C1)N2S(=O)(=O)c1c(C(C)C)cc(C(C)C)cc1C(C)C. The highest BCUT2D eigenvalue weighted by Crippen LogP contribution is 2.44. The fourth-order valence-electron chi connectivity index (χ4n) is 4.96. The van der Waals surface area contributed by atoms with Gasteiger partial charge in [-0.15, -0.1) is 0 Å². The molecule has 5 heteroatoms. The zero-order valence-electron chi connectivity index (χ0n) is 18.5. The number of ether oxygens (including phenoxy) is 1. The minimum absolute atomic E-state index is 0.0681. The Morgan fingerprint density at radius 1 is 0.893 bits per heavy atom. The summed E-state index contributed by atoms with van der Waals surface area (Å²) in [7, 11) is -1.80. The Hall–Kier alpha value is -0.910. The van der Waals surface area contributed by atoms with Crippen molar-refractivity contribution in [3.8, 4) is 0 Å². The number of methoxy groups -OCH3 is 1. The first kappa shape index (κ1) is 21.8. The zero-order chi connectivity index (χ0) is 20.8. The van der Waals surface area contributed by atoms with Gasteiger partial charge in [-0.2, -0.15) is 4.31 Å². The van der Waals surface area contributed by atoms with Gasteiger partial charge in [-0.05, 0) is 60.1 Å². The van der Waals surface area contributed by atoms with Crippen molar-refractivity contribution in [2.24, 2.45) is 0 Å². The molecule has 2 fully saturated rings. The number of hydrogen-bond acceptors (Lipinski definition) is 3. The van der Waals surface area contributed by atoms with Crippen molar-refractivity contribution in [2.75, 3.05) is 7.11 Å². The lowest BCUT2D eigenvalue weighted by Crippen LogP contribution is -2.48. The van der Waals surface area contributed by atoms with Gasteiger partial charge < -0.3 is 4.74 Å². The maximum absolute atomic E-state index is 14.1. The summed E-state index contributed by atoms with van der Waals surface area (Å²) >= 11 is 0. The molecule has 28 heavy (non-hydrogen) atoms. The number of fused-ring (bicyclic) bond motifs is 2. The summed E-state index contributed by atoms with van der Waals surface area (Å²) in [6.45, 7) is 12.8. The second-order valence-electron chi connectivity index (χ2n) is 9.54. The van der Waals surface area contributed by atoms with Crippen molar-refractivity contribution in [1.82, 2.24) is 4.31 Å². The van der Waals surface area contributed by atoms with Gasteiger partial charge in [0.05, 0.1) is 11.0 Å². The predicted molar refractivity (Wildman–Crippen MR) is 115 cm³/mol. The molecule has 2 atom stereocenters. The number of rotatable bonds is 6. The summed E-state index contributed by atoms with van der Waals surface area (Å²) in [6, 6.07) is 4.41. The molecule has 158 valence electrons. The maximum Gasteiger partial charge on any atom is 0.244 e. The van der Waals surface area contributed by atoms with Gasteiger partial charge in [-0.25, -0.2) is 8.42 Å². The van der Waals surface area contributed by atoms with Crippen LogP contribution in [0.15, 0.2) is 17.0 Å². The van der Waals surface area contributed by atoms with Crippen LogP contribution in [0.25, 0.3) is 0 Å². The molecule has 0 N–H and O–H groups in total. The normalized spacial score (nSPS) is 26.0. The van der Waals surface area contributed by atoms with Gasteiger partial charge in [-0.1, -0.05) is 53.7 Å². The predicted octanol–water partition coefficient (Wildman–Crippen LogP) is 5.39. The number of sulfonamides is 1. The summed E-state index contributed by atoms with van der Waals surface area (Å²) in [6.07, 6.45) is 3.69. The van der Waals surface area contributed by atoms with Crippen LogP contribution >= 0.6 is 0 Å². The van der Waals surface area contributed by atoms with Crippen LogP contribution < -0.4 is 0 Å². The summed E-state index contributed by atoms with van der Waals surface area (Å²) in [5.41, 5.74) is 3.18. The molecule has 2 saturated heterocycles. The first-order valence-electron chi connectivity index (χ1n) is 10.8. The summed E-state index contributed by atoms with van der Waals surface area (Å²) in [5.74, 6) is 0.700. The molecule has 0 aliphatic carbocycles. The number of piperidine rings is 1. The van der Waals surface area contributed by atoms with Gasteiger partial charge in [-0.3, -0.25) is 0 Å². The summed E-state index contributed by atoms with van der Waals surface area (Å²) in [4.78, 5) is 0.578. The topological polar surface area (TPSA) is 46.6 Å². The summed E-state index contributed by atoms with van der Waals surface area (Å²) < 4.78 is 35.6. The third-order valence-corrected chi connectivity index (χ3v) is 8.71. The van der Waals surface area contributed by atoms with E-state index < -0.39 is 10.0 Å². The van der Waals surface area contributed by atoms with E-state index in [4.69, 9.17) is 4.74 Å². The second-order valence-corrected chi connectivity index (χ2v) is 11.3. The molecule has 2 bridgehead atoms. The van der Waals surface area contributed by atoms with Crippen molar-refractivity contribution in [2.45, 2.75) is 108 Å². The Morgan fingerprint density at radius 2 is 1.36 bits per heavy atom. The van der Waals surface area contributed by atoms with Crippen LogP contribution in [0, 0.1) is 0 Å². The summed E-state index contributed by atoms with van der Waals surface area (Å²) in [5, 5.41) is 0. The number of hydrogen-bond donors (Lipinski definition) is 0. The van der Waals surface area contributed by atoms with E-state index in [1.165, 1.54) is 5.56 Å². The lowest BCUT2D eigenvalue weighted by atomic mass is 9.89. The highest BCUT2D eigenvalue weighted by atomic mass is 32.2. The first-order valence-corrected chi connectivity index (χ1v) is 12.3. The Morgan fingerprint density at radius 3 is 1.71 bits per heavy atom. The Balaban J connectivity index is 2.16. The lowest BCUT2D eigenvalue weighted by Gasteiger charge is -2.38. The molecule has 3 rings (SSSR count). The molecule has 0 spiro atoms. The highest BCUT2D eigenvalue weighted by Gasteiger charge is 2.48. The van der Waals surface area contributed by atoms with E-state index in [1.54, 1.807) is 7.11 Å².